The van der Waals surface area contributed by atoms with Crippen molar-refractivity contribution in [3.63, 3.8) is 0 Å². The van der Waals surface area contributed by atoms with E-state index in [0.29, 0.717) is 11.5 Å². The smallest absolute Gasteiger partial charge is 0.272 e. The number of pyridine rings is 1. The molecule has 0 saturated heterocycles. The summed E-state index contributed by atoms with van der Waals surface area (Å²) in [7, 11) is 0. The first-order valence-electron chi connectivity index (χ1n) is 12.2. The lowest BCUT2D eigenvalue weighted by Gasteiger charge is -2.20. The van der Waals surface area contributed by atoms with Crippen LogP contribution >= 0.6 is 0 Å². The molecule has 5 nitrogen and oxygen atoms in total. The number of hydrogen-bond donors (Lipinski definition) is 1. The molecule has 1 aromatic heterocycles. The first kappa shape index (κ1) is 24.1. The molecule has 1 N–H and O–H groups in total. The third-order valence-corrected chi connectivity index (χ3v) is 6.24. The Balaban J connectivity index is 1.57. The molecule has 0 bridgehead atoms. The van der Waals surface area contributed by atoms with E-state index in [1.165, 1.54) is 11.3 Å². The summed E-state index contributed by atoms with van der Waals surface area (Å²) < 4.78 is 0. The number of hydrogen-bond acceptors (Lipinski definition) is 4. The summed E-state index contributed by atoms with van der Waals surface area (Å²) in [5.74, 6) is 0.195. The summed E-state index contributed by atoms with van der Waals surface area (Å²) in [6.45, 7) is 10.6. The normalized spacial score (nSPS) is 11.3. The Morgan fingerprint density at radius 3 is 2.31 bits per heavy atom. The van der Waals surface area contributed by atoms with Gasteiger partial charge in [-0.3, -0.25) is 4.79 Å². The fourth-order valence-corrected chi connectivity index (χ4v) is 4.14. The molecule has 0 aliphatic heterocycles. The summed E-state index contributed by atoms with van der Waals surface area (Å²) in [5, 5.41) is 5.01. The Morgan fingerprint density at radius 2 is 1.66 bits per heavy atom. The molecule has 0 aliphatic rings. The van der Waals surface area contributed by atoms with E-state index in [9.17, 15) is 4.79 Å². The number of carbonyl (C=O) groups excluding carboxylic acids is 1. The van der Waals surface area contributed by atoms with Gasteiger partial charge < -0.3 is 4.90 Å². The number of carbonyl (C=O) groups is 1. The first-order chi connectivity index (χ1) is 17.0. The number of anilines is 1. The van der Waals surface area contributed by atoms with E-state index in [0.717, 1.165) is 40.8 Å². The van der Waals surface area contributed by atoms with Crippen molar-refractivity contribution in [3.8, 4) is 11.3 Å². The van der Waals surface area contributed by atoms with Crippen LogP contribution in [0.5, 0.6) is 0 Å². The molecule has 0 atom stereocenters. The van der Waals surface area contributed by atoms with Crippen LogP contribution in [-0.4, -0.2) is 30.2 Å². The second kappa shape index (κ2) is 11.0. The molecular weight excluding hydrogens is 432 g/mol. The third kappa shape index (κ3) is 5.57. The highest BCUT2D eigenvalue weighted by atomic mass is 16.2. The maximum Gasteiger partial charge on any atom is 0.272 e. The van der Waals surface area contributed by atoms with Crippen LogP contribution in [-0.2, 0) is 0 Å². The SMILES string of the molecule is CCN(CC)c1ccc(/C=N\NC(=O)c2cc(-c3ccc(C(C)C)cc3)nc3ccccc23)cc1. The summed E-state index contributed by atoms with van der Waals surface area (Å²) >= 11 is 0. The minimum Gasteiger partial charge on any atom is -0.372 e. The molecule has 0 fully saturated rings. The van der Waals surface area contributed by atoms with Gasteiger partial charge >= 0.3 is 0 Å². The van der Waals surface area contributed by atoms with Gasteiger partial charge in [0.1, 0.15) is 0 Å². The molecule has 178 valence electrons. The Hall–Kier alpha value is -3.99. The number of rotatable bonds is 8. The molecule has 0 saturated carbocycles. The first-order valence-corrected chi connectivity index (χ1v) is 12.2. The van der Waals surface area contributed by atoms with Crippen LogP contribution in [0.1, 0.15) is 55.1 Å². The van der Waals surface area contributed by atoms with Crippen molar-refractivity contribution >= 4 is 28.7 Å². The summed E-state index contributed by atoms with van der Waals surface area (Å²) in [4.78, 5) is 20.2. The number of hydrazone groups is 1. The molecular formula is C30H32N4O. The van der Waals surface area contributed by atoms with Gasteiger partial charge in [-0.25, -0.2) is 10.4 Å². The average Bonchev–Trinajstić information content (AvgIpc) is 2.89. The number of nitrogens with one attached hydrogen (secondary N) is 1. The monoisotopic (exact) mass is 464 g/mol. The van der Waals surface area contributed by atoms with Crippen LogP contribution in [0.25, 0.3) is 22.2 Å². The van der Waals surface area contributed by atoms with Crippen molar-refractivity contribution in [2.75, 3.05) is 18.0 Å². The summed E-state index contributed by atoms with van der Waals surface area (Å²) in [6, 6.07) is 26.1. The van der Waals surface area contributed by atoms with Gasteiger partial charge in [0.25, 0.3) is 5.91 Å². The number of nitrogens with zero attached hydrogens (tertiary/aromatic N) is 3. The van der Waals surface area contributed by atoms with Crippen molar-refractivity contribution in [3.05, 3.63) is 95.6 Å². The largest absolute Gasteiger partial charge is 0.372 e. The van der Waals surface area contributed by atoms with Crippen molar-refractivity contribution in [2.24, 2.45) is 5.10 Å². The van der Waals surface area contributed by atoms with Gasteiger partial charge in [0.2, 0.25) is 0 Å². The van der Waals surface area contributed by atoms with E-state index < -0.39 is 0 Å². The zero-order chi connectivity index (χ0) is 24.8. The predicted octanol–water partition coefficient (Wildman–Crippen LogP) is 6.64. The van der Waals surface area contributed by atoms with Crippen molar-refractivity contribution in [2.45, 2.75) is 33.6 Å². The zero-order valence-electron chi connectivity index (χ0n) is 20.8. The van der Waals surface area contributed by atoms with Crippen LogP contribution in [0, 0.1) is 0 Å². The second-order valence-electron chi connectivity index (χ2n) is 8.81. The van der Waals surface area contributed by atoms with Crippen LogP contribution in [0.15, 0.2) is 84.0 Å². The van der Waals surface area contributed by atoms with Gasteiger partial charge in [0, 0.05) is 29.7 Å². The van der Waals surface area contributed by atoms with Gasteiger partial charge in [-0.1, -0.05) is 68.4 Å². The fraction of sp³-hybridized carbons (Fsp3) is 0.233. The van der Waals surface area contributed by atoms with Crippen LogP contribution in [0.3, 0.4) is 0 Å². The minimum absolute atomic E-state index is 0.264. The molecule has 3 aromatic carbocycles. The van der Waals surface area contributed by atoms with Gasteiger partial charge in [0.15, 0.2) is 0 Å². The highest BCUT2D eigenvalue weighted by molar-refractivity contribution is 6.07. The Bertz CT molecular complexity index is 1320. The van der Waals surface area contributed by atoms with E-state index in [2.05, 4.69) is 79.5 Å². The predicted molar refractivity (Wildman–Crippen MR) is 146 cm³/mol. The van der Waals surface area contributed by atoms with Gasteiger partial charge in [-0.05, 0) is 55.2 Å². The lowest BCUT2D eigenvalue weighted by Crippen LogP contribution is -2.21. The summed E-state index contributed by atoms with van der Waals surface area (Å²) in [6.07, 6.45) is 1.67. The second-order valence-corrected chi connectivity index (χ2v) is 8.81. The maximum atomic E-state index is 13.1. The topological polar surface area (TPSA) is 57.6 Å². The Labute approximate surface area is 207 Å². The zero-order valence-corrected chi connectivity index (χ0v) is 20.8. The highest BCUT2D eigenvalue weighted by Gasteiger charge is 2.14. The quantitative estimate of drug-likeness (QED) is 0.235. The van der Waals surface area contributed by atoms with Gasteiger partial charge in [0.05, 0.1) is 23.0 Å². The molecule has 4 aromatic rings. The standard InChI is InChI=1S/C30H32N4O/c1-5-34(6-2)25-17-11-22(12-18-25)20-31-33-30(35)27-19-29(32-28-10-8-7-9-26(27)28)24-15-13-23(14-16-24)21(3)4/h7-21H,5-6H2,1-4H3,(H,33,35)/b31-20-. The number of benzene rings is 3. The van der Waals surface area contributed by atoms with Crippen molar-refractivity contribution in [1.29, 1.82) is 0 Å². The molecule has 1 amide bonds. The van der Waals surface area contributed by atoms with E-state index in [-0.39, 0.29) is 5.91 Å². The third-order valence-electron chi connectivity index (χ3n) is 6.24. The van der Waals surface area contributed by atoms with E-state index in [1.54, 1.807) is 6.21 Å². The number of aromatic nitrogens is 1. The van der Waals surface area contributed by atoms with Crippen LogP contribution in [0.2, 0.25) is 0 Å². The Morgan fingerprint density at radius 1 is 0.971 bits per heavy atom. The molecule has 35 heavy (non-hydrogen) atoms. The van der Waals surface area contributed by atoms with E-state index in [1.807, 2.05) is 42.5 Å². The van der Waals surface area contributed by atoms with Crippen molar-refractivity contribution < 1.29 is 4.79 Å². The molecule has 5 heteroatoms. The minimum atomic E-state index is -0.264. The lowest BCUT2D eigenvalue weighted by atomic mass is 9.99. The highest BCUT2D eigenvalue weighted by Crippen LogP contribution is 2.26. The van der Waals surface area contributed by atoms with Crippen LogP contribution in [0.4, 0.5) is 5.69 Å². The molecule has 0 spiro atoms. The fourth-order valence-electron chi connectivity index (χ4n) is 4.14. The molecule has 0 aliphatic carbocycles. The number of para-hydroxylation sites is 1. The van der Waals surface area contributed by atoms with E-state index in [4.69, 9.17) is 4.98 Å². The molecule has 4 rings (SSSR count). The van der Waals surface area contributed by atoms with Crippen LogP contribution < -0.4 is 10.3 Å². The van der Waals surface area contributed by atoms with Gasteiger partial charge in [-0.2, -0.15) is 5.10 Å². The maximum absolute atomic E-state index is 13.1. The number of amides is 1. The molecule has 1 heterocycles. The van der Waals surface area contributed by atoms with Crippen molar-refractivity contribution in [1.82, 2.24) is 10.4 Å². The van der Waals surface area contributed by atoms with E-state index >= 15 is 0 Å². The molecule has 0 unspecified atom stereocenters. The molecule has 0 radical (unpaired) electrons. The summed E-state index contributed by atoms with van der Waals surface area (Å²) in [5.41, 5.74) is 9.13. The number of fused-ring (bicyclic) bond motifs is 1. The average molecular weight is 465 g/mol. The lowest BCUT2D eigenvalue weighted by molar-refractivity contribution is 0.0956. The Kier molecular flexibility index (Phi) is 7.56. The van der Waals surface area contributed by atoms with Gasteiger partial charge in [-0.15, -0.1) is 0 Å².